The summed E-state index contributed by atoms with van der Waals surface area (Å²) in [5, 5.41) is 3.36. The summed E-state index contributed by atoms with van der Waals surface area (Å²) in [5.74, 6) is 0.102. The SMILES string of the molecule is CC1C(NC(=O)c2ccc(Oc3ccccc3NS(=O)(=O)C(F)(F)F)s2)C2CCN1CC2. The molecule has 2 aromatic rings. The number of thiophene rings is 1. The van der Waals surface area contributed by atoms with Crippen LogP contribution in [0.15, 0.2) is 36.4 Å². The minimum atomic E-state index is -5.59. The fourth-order valence-electron chi connectivity index (χ4n) is 4.22. The first-order chi connectivity index (χ1) is 15.0. The van der Waals surface area contributed by atoms with E-state index in [0.717, 1.165) is 43.3 Å². The molecule has 1 amide bonds. The van der Waals surface area contributed by atoms with Crippen LogP contribution in [0.4, 0.5) is 18.9 Å². The van der Waals surface area contributed by atoms with Crippen LogP contribution in [0.2, 0.25) is 0 Å². The molecule has 2 atom stereocenters. The van der Waals surface area contributed by atoms with Gasteiger partial charge in [-0.15, -0.1) is 0 Å². The summed E-state index contributed by atoms with van der Waals surface area (Å²) in [6, 6.07) is 8.79. The molecule has 4 heterocycles. The van der Waals surface area contributed by atoms with Crippen molar-refractivity contribution in [2.45, 2.75) is 37.4 Å². The Balaban J connectivity index is 1.46. The van der Waals surface area contributed by atoms with Crippen LogP contribution >= 0.6 is 11.3 Å². The second-order valence-electron chi connectivity index (χ2n) is 7.88. The highest BCUT2D eigenvalue weighted by atomic mass is 32.2. The van der Waals surface area contributed by atoms with Crippen LogP contribution in [0.5, 0.6) is 10.8 Å². The lowest BCUT2D eigenvalue weighted by atomic mass is 9.79. The monoisotopic (exact) mass is 489 g/mol. The number of anilines is 1. The van der Waals surface area contributed by atoms with Gasteiger partial charge in [0.1, 0.15) is 0 Å². The van der Waals surface area contributed by atoms with E-state index in [0.29, 0.717) is 10.8 Å². The Morgan fingerprint density at radius 1 is 1.16 bits per heavy atom. The van der Waals surface area contributed by atoms with E-state index in [1.165, 1.54) is 29.0 Å². The average Bonchev–Trinajstić information content (AvgIpc) is 3.20. The molecule has 3 fully saturated rings. The molecule has 2 N–H and O–H groups in total. The van der Waals surface area contributed by atoms with E-state index in [4.69, 9.17) is 4.74 Å². The molecule has 3 aliphatic heterocycles. The Bertz CT molecular complexity index is 1090. The van der Waals surface area contributed by atoms with Gasteiger partial charge >= 0.3 is 15.5 Å². The van der Waals surface area contributed by atoms with Gasteiger partial charge < -0.3 is 10.1 Å². The molecule has 3 aliphatic rings. The number of halogens is 3. The number of rotatable bonds is 6. The number of benzene rings is 1. The fourth-order valence-corrected chi connectivity index (χ4v) is 5.56. The predicted octanol–water partition coefficient (Wildman–Crippen LogP) is 4.01. The summed E-state index contributed by atoms with van der Waals surface area (Å²) in [5.41, 5.74) is -5.81. The van der Waals surface area contributed by atoms with E-state index in [-0.39, 0.29) is 34.5 Å². The molecule has 2 unspecified atom stereocenters. The van der Waals surface area contributed by atoms with Crippen molar-refractivity contribution in [1.29, 1.82) is 0 Å². The van der Waals surface area contributed by atoms with Crippen LogP contribution in [0.25, 0.3) is 0 Å². The summed E-state index contributed by atoms with van der Waals surface area (Å²) in [6.07, 6.45) is 2.11. The number of alkyl halides is 3. The predicted molar refractivity (Wildman–Crippen MR) is 114 cm³/mol. The Kier molecular flexibility index (Phi) is 6.12. The van der Waals surface area contributed by atoms with Crippen molar-refractivity contribution in [1.82, 2.24) is 10.2 Å². The number of sulfonamides is 1. The number of hydrogen-bond donors (Lipinski definition) is 2. The Hall–Kier alpha value is -2.31. The summed E-state index contributed by atoms with van der Waals surface area (Å²) >= 11 is 1.03. The molecule has 174 valence electrons. The molecule has 0 aliphatic carbocycles. The summed E-state index contributed by atoms with van der Waals surface area (Å²) in [6.45, 7) is 4.21. The minimum Gasteiger partial charge on any atom is -0.444 e. The lowest BCUT2D eigenvalue weighted by molar-refractivity contribution is -0.0429. The number of nitrogens with zero attached hydrogens (tertiary/aromatic N) is 1. The zero-order valence-electron chi connectivity index (χ0n) is 17.1. The molecule has 5 rings (SSSR count). The van der Waals surface area contributed by atoms with Crippen molar-refractivity contribution in [2.75, 3.05) is 17.8 Å². The molecule has 0 radical (unpaired) electrons. The van der Waals surface area contributed by atoms with Gasteiger partial charge in [0, 0.05) is 12.1 Å². The van der Waals surface area contributed by atoms with Gasteiger partial charge in [-0.1, -0.05) is 23.5 Å². The van der Waals surface area contributed by atoms with Crippen LogP contribution in [0, 0.1) is 5.92 Å². The summed E-state index contributed by atoms with van der Waals surface area (Å²) in [4.78, 5) is 15.5. The van der Waals surface area contributed by atoms with Crippen LogP contribution in [-0.2, 0) is 10.0 Å². The molecular weight excluding hydrogens is 467 g/mol. The number of carbonyl (C=O) groups is 1. The van der Waals surface area contributed by atoms with Gasteiger partial charge in [-0.05, 0) is 63.0 Å². The number of amides is 1. The summed E-state index contributed by atoms with van der Waals surface area (Å²) < 4.78 is 68.1. The third kappa shape index (κ3) is 4.57. The number of hydrogen-bond acceptors (Lipinski definition) is 6. The molecule has 12 heteroatoms. The zero-order valence-corrected chi connectivity index (χ0v) is 18.7. The third-order valence-corrected chi connectivity index (χ3v) is 7.99. The molecule has 0 saturated carbocycles. The van der Waals surface area contributed by atoms with Gasteiger partial charge in [-0.25, -0.2) is 0 Å². The molecule has 1 aromatic carbocycles. The quantitative estimate of drug-likeness (QED) is 0.640. The van der Waals surface area contributed by atoms with Crippen molar-refractivity contribution in [3.05, 3.63) is 41.3 Å². The normalized spacial score (nSPS) is 25.4. The standard InChI is InChI=1S/C20H22F3N3O4S2/c1-12-18(13-8-10-26(12)11-9-13)24-19(27)16-6-7-17(31-16)30-15-5-3-2-4-14(15)25-32(28,29)20(21,22)23/h2-7,12-13,18,25H,8-11H2,1H3,(H,24,27). The van der Waals surface area contributed by atoms with Crippen LogP contribution in [0.1, 0.15) is 29.4 Å². The van der Waals surface area contributed by atoms with E-state index in [2.05, 4.69) is 17.1 Å². The molecule has 1 aromatic heterocycles. The lowest BCUT2D eigenvalue weighted by Gasteiger charge is -2.49. The molecule has 7 nitrogen and oxygen atoms in total. The largest absolute Gasteiger partial charge is 0.516 e. The first-order valence-corrected chi connectivity index (χ1v) is 12.4. The maximum atomic E-state index is 12.8. The van der Waals surface area contributed by atoms with Gasteiger partial charge in [0.2, 0.25) is 0 Å². The van der Waals surface area contributed by atoms with Crippen LogP contribution in [-0.4, -0.2) is 49.9 Å². The highest BCUT2D eigenvalue weighted by Crippen LogP contribution is 2.37. The van der Waals surface area contributed by atoms with Gasteiger partial charge in [-0.2, -0.15) is 21.6 Å². The van der Waals surface area contributed by atoms with Crippen molar-refractivity contribution in [3.8, 4) is 10.8 Å². The number of ether oxygens (including phenoxy) is 1. The Morgan fingerprint density at radius 2 is 1.84 bits per heavy atom. The Labute approximate surface area is 187 Å². The van der Waals surface area contributed by atoms with E-state index in [1.54, 1.807) is 6.07 Å². The van der Waals surface area contributed by atoms with Gasteiger partial charge in [0.05, 0.1) is 10.6 Å². The minimum absolute atomic E-state index is 0.0639. The van der Waals surface area contributed by atoms with Gasteiger partial charge in [0.25, 0.3) is 5.91 Å². The van der Waals surface area contributed by atoms with Crippen molar-refractivity contribution >= 4 is 33.0 Å². The molecule has 0 spiro atoms. The van der Waals surface area contributed by atoms with Crippen molar-refractivity contribution < 1.29 is 31.1 Å². The number of piperidine rings is 3. The number of para-hydroxylation sites is 2. The fraction of sp³-hybridized carbons (Fsp3) is 0.450. The topological polar surface area (TPSA) is 87.7 Å². The van der Waals surface area contributed by atoms with Crippen LogP contribution in [0.3, 0.4) is 0 Å². The van der Waals surface area contributed by atoms with E-state index in [9.17, 15) is 26.4 Å². The number of carbonyl (C=O) groups excluding carboxylic acids is 1. The second kappa shape index (κ2) is 8.56. The average molecular weight is 490 g/mol. The molecule has 3 saturated heterocycles. The summed E-state index contributed by atoms with van der Waals surface area (Å²) in [7, 11) is -5.59. The highest BCUT2D eigenvalue weighted by Gasteiger charge is 2.46. The molecular formula is C20H22F3N3O4S2. The van der Waals surface area contributed by atoms with Gasteiger partial charge in [-0.3, -0.25) is 14.4 Å². The third-order valence-electron chi connectivity index (χ3n) is 5.93. The number of nitrogens with one attached hydrogen (secondary N) is 2. The zero-order chi connectivity index (χ0) is 23.1. The van der Waals surface area contributed by atoms with Crippen LogP contribution < -0.4 is 14.8 Å². The van der Waals surface area contributed by atoms with E-state index >= 15 is 0 Å². The van der Waals surface area contributed by atoms with E-state index in [1.807, 2.05) is 0 Å². The first-order valence-electron chi connectivity index (χ1n) is 10.1. The maximum absolute atomic E-state index is 12.8. The smallest absolute Gasteiger partial charge is 0.444 e. The van der Waals surface area contributed by atoms with Crippen molar-refractivity contribution in [3.63, 3.8) is 0 Å². The lowest BCUT2D eigenvalue weighted by Crippen LogP contribution is -2.62. The first kappa shape index (κ1) is 22.9. The van der Waals surface area contributed by atoms with E-state index < -0.39 is 15.5 Å². The molecule has 32 heavy (non-hydrogen) atoms. The molecule has 2 bridgehead atoms. The van der Waals surface area contributed by atoms with Gasteiger partial charge in [0.15, 0.2) is 10.8 Å². The highest BCUT2D eigenvalue weighted by molar-refractivity contribution is 7.93. The second-order valence-corrected chi connectivity index (χ2v) is 10.6. The Morgan fingerprint density at radius 3 is 2.50 bits per heavy atom. The maximum Gasteiger partial charge on any atom is 0.516 e. The van der Waals surface area contributed by atoms with Crippen molar-refractivity contribution in [2.24, 2.45) is 5.92 Å². The number of fused-ring (bicyclic) bond motifs is 3.